The Hall–Kier alpha value is -1.94. The zero-order valence-corrected chi connectivity index (χ0v) is 11.9. The van der Waals surface area contributed by atoms with Crippen LogP contribution < -0.4 is 4.74 Å². The van der Waals surface area contributed by atoms with Crippen LogP contribution in [0.1, 0.15) is 5.56 Å². The van der Waals surface area contributed by atoms with Crippen molar-refractivity contribution in [3.63, 3.8) is 0 Å². The van der Waals surface area contributed by atoms with E-state index in [0.29, 0.717) is 6.01 Å². The van der Waals surface area contributed by atoms with Gasteiger partial charge in [-0.15, -0.1) is 0 Å². The van der Waals surface area contributed by atoms with Gasteiger partial charge in [0.05, 0.1) is 0 Å². The lowest BCUT2D eigenvalue weighted by atomic mass is 10.1. The number of benzene rings is 2. The summed E-state index contributed by atoms with van der Waals surface area (Å²) in [5, 5.41) is 2.28. The largest absolute Gasteiger partial charge is 0.424 e. The fourth-order valence-electron chi connectivity index (χ4n) is 1.80. The maximum Gasteiger partial charge on any atom is 0.321 e. The van der Waals surface area contributed by atoms with Gasteiger partial charge in [0.15, 0.2) is 0 Å². The highest BCUT2D eigenvalue weighted by Crippen LogP contribution is 2.26. The highest BCUT2D eigenvalue weighted by atomic mass is 79.9. The van der Waals surface area contributed by atoms with Crippen molar-refractivity contribution in [2.45, 2.75) is 6.92 Å². The Bertz CT molecular complexity index is 726. The van der Waals surface area contributed by atoms with Crippen LogP contribution in [0.3, 0.4) is 0 Å². The molecule has 3 nitrogen and oxygen atoms in total. The van der Waals surface area contributed by atoms with E-state index in [0.717, 1.165) is 26.6 Å². The third-order valence-electron chi connectivity index (χ3n) is 2.74. The second-order valence-corrected chi connectivity index (χ2v) is 5.21. The number of aryl methyl sites for hydroxylation is 1. The summed E-state index contributed by atoms with van der Waals surface area (Å²) in [6, 6.07) is 12.4. The summed E-state index contributed by atoms with van der Waals surface area (Å²) in [4.78, 5) is 8.25. The van der Waals surface area contributed by atoms with E-state index in [1.54, 1.807) is 12.4 Å². The zero-order valence-electron chi connectivity index (χ0n) is 10.3. The van der Waals surface area contributed by atoms with E-state index >= 15 is 0 Å². The van der Waals surface area contributed by atoms with E-state index in [2.05, 4.69) is 32.0 Å². The molecule has 0 N–H and O–H groups in total. The first kappa shape index (κ1) is 12.1. The van der Waals surface area contributed by atoms with E-state index in [1.165, 1.54) is 0 Å². The summed E-state index contributed by atoms with van der Waals surface area (Å²) in [6.45, 7) is 1.94. The Labute approximate surface area is 119 Å². The van der Waals surface area contributed by atoms with Gasteiger partial charge in [0.2, 0.25) is 0 Å². The quantitative estimate of drug-likeness (QED) is 0.699. The van der Waals surface area contributed by atoms with Crippen molar-refractivity contribution in [2.75, 3.05) is 0 Å². The minimum absolute atomic E-state index is 0.363. The molecule has 0 spiro atoms. The second kappa shape index (κ2) is 4.97. The van der Waals surface area contributed by atoms with E-state index in [9.17, 15) is 0 Å². The molecule has 0 atom stereocenters. The van der Waals surface area contributed by atoms with Crippen LogP contribution in [0.25, 0.3) is 10.8 Å². The number of hydrogen-bond donors (Lipinski definition) is 0. The van der Waals surface area contributed by atoms with Crippen LogP contribution in [0.2, 0.25) is 0 Å². The van der Waals surface area contributed by atoms with Gasteiger partial charge in [-0.3, -0.25) is 0 Å². The number of fused-ring (bicyclic) bond motifs is 1. The molecule has 0 saturated carbocycles. The molecule has 94 valence electrons. The van der Waals surface area contributed by atoms with Gasteiger partial charge < -0.3 is 4.74 Å². The molecule has 0 bridgehead atoms. The highest BCUT2D eigenvalue weighted by Gasteiger charge is 2.02. The Balaban J connectivity index is 1.93. The third kappa shape index (κ3) is 2.74. The van der Waals surface area contributed by atoms with Gasteiger partial charge in [0.25, 0.3) is 0 Å². The lowest BCUT2D eigenvalue weighted by Gasteiger charge is -2.05. The summed E-state index contributed by atoms with van der Waals surface area (Å²) in [5.74, 6) is 0.735. The summed E-state index contributed by atoms with van der Waals surface area (Å²) in [5.41, 5.74) is 1.01. The molecule has 0 aliphatic carbocycles. The van der Waals surface area contributed by atoms with Crippen LogP contribution in [0.4, 0.5) is 0 Å². The van der Waals surface area contributed by atoms with Gasteiger partial charge in [0, 0.05) is 16.9 Å². The SMILES string of the molecule is Cc1cnc(Oc2ccc3cc(Br)ccc3c2)nc1. The summed E-state index contributed by atoms with van der Waals surface area (Å²) < 4.78 is 6.70. The van der Waals surface area contributed by atoms with Crippen molar-refractivity contribution in [2.24, 2.45) is 0 Å². The average molecular weight is 315 g/mol. The molecule has 1 heterocycles. The van der Waals surface area contributed by atoms with Crippen LogP contribution in [0, 0.1) is 6.92 Å². The minimum Gasteiger partial charge on any atom is -0.424 e. The fourth-order valence-corrected chi connectivity index (χ4v) is 2.18. The standard InChI is InChI=1S/C15H11BrN2O/c1-10-8-17-15(18-9-10)19-14-5-3-11-6-13(16)4-2-12(11)7-14/h2-9H,1H3. The molecule has 0 saturated heterocycles. The smallest absolute Gasteiger partial charge is 0.321 e. The molecule has 3 aromatic rings. The molecule has 0 unspecified atom stereocenters. The molecule has 1 aromatic heterocycles. The molecule has 19 heavy (non-hydrogen) atoms. The molecule has 0 aliphatic heterocycles. The molecule has 0 radical (unpaired) electrons. The third-order valence-corrected chi connectivity index (χ3v) is 3.23. The Morgan fingerprint density at radius 1 is 0.947 bits per heavy atom. The Kier molecular flexibility index (Phi) is 3.17. The van der Waals surface area contributed by atoms with Crippen LogP contribution in [-0.4, -0.2) is 9.97 Å². The average Bonchev–Trinajstić information content (AvgIpc) is 2.42. The fraction of sp³-hybridized carbons (Fsp3) is 0.0667. The van der Waals surface area contributed by atoms with Crippen molar-refractivity contribution in [3.8, 4) is 11.8 Å². The van der Waals surface area contributed by atoms with Crippen LogP contribution in [-0.2, 0) is 0 Å². The first-order chi connectivity index (χ1) is 9.20. The molecule has 0 amide bonds. The van der Waals surface area contributed by atoms with E-state index in [-0.39, 0.29) is 0 Å². The van der Waals surface area contributed by atoms with Crippen LogP contribution in [0.15, 0.2) is 53.3 Å². The molecule has 3 rings (SSSR count). The molecule has 0 fully saturated rings. The Morgan fingerprint density at radius 3 is 2.42 bits per heavy atom. The number of rotatable bonds is 2. The highest BCUT2D eigenvalue weighted by molar-refractivity contribution is 9.10. The zero-order chi connectivity index (χ0) is 13.2. The molecule has 2 aromatic carbocycles. The predicted octanol–water partition coefficient (Wildman–Crippen LogP) is 4.49. The number of halogens is 1. The Morgan fingerprint density at radius 2 is 1.63 bits per heavy atom. The molecule has 0 aliphatic rings. The number of ether oxygens (including phenoxy) is 1. The van der Waals surface area contributed by atoms with Gasteiger partial charge in [-0.1, -0.05) is 28.1 Å². The second-order valence-electron chi connectivity index (χ2n) is 4.30. The lowest BCUT2D eigenvalue weighted by Crippen LogP contribution is -1.91. The van der Waals surface area contributed by atoms with Crippen molar-refractivity contribution in [3.05, 3.63) is 58.8 Å². The van der Waals surface area contributed by atoms with Crippen molar-refractivity contribution in [1.29, 1.82) is 0 Å². The maximum absolute atomic E-state index is 5.64. The summed E-state index contributed by atoms with van der Waals surface area (Å²) in [7, 11) is 0. The van der Waals surface area contributed by atoms with Gasteiger partial charge in [0.1, 0.15) is 5.75 Å². The van der Waals surface area contributed by atoms with Gasteiger partial charge >= 0.3 is 6.01 Å². The van der Waals surface area contributed by atoms with Crippen LogP contribution in [0.5, 0.6) is 11.8 Å². The van der Waals surface area contributed by atoms with Crippen molar-refractivity contribution >= 4 is 26.7 Å². The van der Waals surface area contributed by atoms with Crippen LogP contribution >= 0.6 is 15.9 Å². The number of aromatic nitrogens is 2. The lowest BCUT2D eigenvalue weighted by molar-refractivity contribution is 0.442. The van der Waals surface area contributed by atoms with Gasteiger partial charge in [-0.2, -0.15) is 0 Å². The molecular formula is C15H11BrN2O. The van der Waals surface area contributed by atoms with E-state index in [4.69, 9.17) is 4.74 Å². The van der Waals surface area contributed by atoms with Gasteiger partial charge in [-0.25, -0.2) is 9.97 Å². The first-order valence-electron chi connectivity index (χ1n) is 5.86. The topological polar surface area (TPSA) is 35.0 Å². The number of nitrogens with zero attached hydrogens (tertiary/aromatic N) is 2. The molecular weight excluding hydrogens is 304 g/mol. The predicted molar refractivity (Wildman–Crippen MR) is 78.5 cm³/mol. The minimum atomic E-state index is 0.363. The van der Waals surface area contributed by atoms with E-state index < -0.39 is 0 Å². The van der Waals surface area contributed by atoms with Crippen molar-refractivity contribution in [1.82, 2.24) is 9.97 Å². The van der Waals surface area contributed by atoms with E-state index in [1.807, 2.05) is 37.3 Å². The van der Waals surface area contributed by atoms with Gasteiger partial charge in [-0.05, 0) is 47.5 Å². The van der Waals surface area contributed by atoms with Crippen molar-refractivity contribution < 1.29 is 4.74 Å². The summed E-state index contributed by atoms with van der Waals surface area (Å²) >= 11 is 3.46. The molecule has 4 heteroatoms. The monoisotopic (exact) mass is 314 g/mol. The summed E-state index contributed by atoms with van der Waals surface area (Å²) in [6.07, 6.45) is 3.47. The normalized spacial score (nSPS) is 10.6. The maximum atomic E-state index is 5.64. The first-order valence-corrected chi connectivity index (χ1v) is 6.66. The number of hydrogen-bond acceptors (Lipinski definition) is 3.